The van der Waals surface area contributed by atoms with Crippen molar-refractivity contribution in [3.05, 3.63) is 29.6 Å². The molecule has 1 rings (SSSR count). The largest absolute Gasteiger partial charge is 0.490 e. The molecule has 16 heavy (non-hydrogen) atoms. The fourth-order valence-corrected chi connectivity index (χ4v) is 1.10. The van der Waals surface area contributed by atoms with Crippen LogP contribution in [0.5, 0.6) is 5.75 Å². The minimum absolute atomic E-state index is 0.259. The average Bonchev–Trinajstić information content (AvgIpc) is 2.28. The molecule has 0 radical (unpaired) electrons. The van der Waals surface area contributed by atoms with Crippen LogP contribution in [0.15, 0.2) is 18.2 Å². The lowest BCUT2D eigenvalue weighted by Gasteiger charge is -2.07. The van der Waals surface area contributed by atoms with E-state index >= 15 is 0 Å². The zero-order valence-electron chi connectivity index (χ0n) is 9.13. The van der Waals surface area contributed by atoms with Gasteiger partial charge < -0.3 is 15.2 Å². The van der Waals surface area contributed by atoms with E-state index in [9.17, 15) is 4.39 Å². The van der Waals surface area contributed by atoms with Gasteiger partial charge in [0, 0.05) is 13.2 Å². The van der Waals surface area contributed by atoms with Crippen molar-refractivity contribution < 1.29 is 13.9 Å². The Hall–Kier alpha value is -1.57. The van der Waals surface area contributed by atoms with Crippen LogP contribution in [0.3, 0.4) is 0 Å². The van der Waals surface area contributed by atoms with E-state index in [1.54, 1.807) is 13.2 Å². The molecule has 2 N–H and O–H groups in total. The minimum atomic E-state index is -0.356. The molecule has 0 aliphatic rings. The van der Waals surface area contributed by atoms with E-state index in [2.05, 4.69) is 11.8 Å². The lowest BCUT2D eigenvalue weighted by atomic mass is 10.2. The van der Waals surface area contributed by atoms with Gasteiger partial charge >= 0.3 is 0 Å². The third-order valence-corrected chi connectivity index (χ3v) is 1.81. The molecule has 0 heterocycles. The van der Waals surface area contributed by atoms with Gasteiger partial charge in [0.2, 0.25) is 0 Å². The van der Waals surface area contributed by atoms with E-state index in [0.29, 0.717) is 24.5 Å². The Kier molecular flexibility index (Phi) is 5.34. The van der Waals surface area contributed by atoms with Crippen LogP contribution < -0.4 is 10.5 Å². The number of halogens is 1. The standard InChI is InChI=1S/C12H14FNO2/c1-15-7-8-16-12-9-11(13)5-4-10(12)3-2-6-14/h4-5,9H,6-8,14H2,1H3. The zero-order chi connectivity index (χ0) is 11.8. The lowest BCUT2D eigenvalue weighted by Crippen LogP contribution is -2.05. The normalized spacial score (nSPS) is 9.44. The molecular formula is C12H14FNO2. The van der Waals surface area contributed by atoms with Gasteiger partial charge in [-0.3, -0.25) is 0 Å². The van der Waals surface area contributed by atoms with E-state index in [1.807, 2.05) is 0 Å². The van der Waals surface area contributed by atoms with Crippen molar-refractivity contribution >= 4 is 0 Å². The molecule has 3 nitrogen and oxygen atoms in total. The van der Waals surface area contributed by atoms with Crippen molar-refractivity contribution in [1.29, 1.82) is 0 Å². The second-order valence-electron chi connectivity index (χ2n) is 2.99. The third kappa shape index (κ3) is 3.89. The summed E-state index contributed by atoms with van der Waals surface area (Å²) in [6, 6.07) is 4.21. The first-order chi connectivity index (χ1) is 7.77. The Morgan fingerprint density at radius 1 is 1.38 bits per heavy atom. The summed E-state index contributed by atoms with van der Waals surface area (Å²) >= 11 is 0. The summed E-state index contributed by atoms with van der Waals surface area (Å²) in [4.78, 5) is 0. The fourth-order valence-electron chi connectivity index (χ4n) is 1.10. The Labute approximate surface area is 94.4 Å². The van der Waals surface area contributed by atoms with E-state index in [4.69, 9.17) is 15.2 Å². The fraction of sp³-hybridized carbons (Fsp3) is 0.333. The van der Waals surface area contributed by atoms with Crippen molar-refractivity contribution in [3.8, 4) is 17.6 Å². The molecule has 0 atom stereocenters. The molecule has 0 unspecified atom stereocenters. The number of hydrogen-bond donors (Lipinski definition) is 1. The van der Waals surface area contributed by atoms with Crippen molar-refractivity contribution in [2.45, 2.75) is 0 Å². The lowest BCUT2D eigenvalue weighted by molar-refractivity contribution is 0.146. The number of ether oxygens (including phenoxy) is 2. The highest BCUT2D eigenvalue weighted by Gasteiger charge is 2.03. The summed E-state index contributed by atoms with van der Waals surface area (Å²) in [6.45, 7) is 1.06. The van der Waals surface area contributed by atoms with Crippen molar-refractivity contribution in [3.63, 3.8) is 0 Å². The number of hydrogen-bond acceptors (Lipinski definition) is 3. The molecule has 1 aromatic rings. The summed E-state index contributed by atoms with van der Waals surface area (Å²) in [5, 5.41) is 0. The molecule has 0 bridgehead atoms. The third-order valence-electron chi connectivity index (χ3n) is 1.81. The maximum atomic E-state index is 13.0. The van der Waals surface area contributed by atoms with Gasteiger partial charge in [-0.1, -0.05) is 11.8 Å². The predicted molar refractivity (Wildman–Crippen MR) is 59.7 cm³/mol. The quantitative estimate of drug-likeness (QED) is 0.615. The first-order valence-corrected chi connectivity index (χ1v) is 4.88. The molecule has 1 aromatic carbocycles. The summed E-state index contributed by atoms with van der Waals surface area (Å²) in [7, 11) is 1.57. The highest BCUT2D eigenvalue weighted by atomic mass is 19.1. The molecule has 4 heteroatoms. The van der Waals surface area contributed by atoms with E-state index in [0.717, 1.165) is 0 Å². The highest BCUT2D eigenvalue weighted by molar-refractivity contribution is 5.46. The van der Waals surface area contributed by atoms with Crippen LogP contribution in [0.1, 0.15) is 5.56 Å². The van der Waals surface area contributed by atoms with Gasteiger partial charge in [-0.2, -0.15) is 0 Å². The molecule has 0 saturated carbocycles. The molecular weight excluding hydrogens is 209 g/mol. The van der Waals surface area contributed by atoms with Gasteiger partial charge in [-0.15, -0.1) is 0 Å². The number of rotatable bonds is 4. The number of benzene rings is 1. The van der Waals surface area contributed by atoms with Gasteiger partial charge in [0.05, 0.1) is 18.7 Å². The molecule has 0 aromatic heterocycles. The van der Waals surface area contributed by atoms with Crippen molar-refractivity contribution in [1.82, 2.24) is 0 Å². The second kappa shape index (κ2) is 6.83. The minimum Gasteiger partial charge on any atom is -0.490 e. The van der Waals surface area contributed by atoms with Crippen LogP contribution in [0.2, 0.25) is 0 Å². The topological polar surface area (TPSA) is 44.5 Å². The van der Waals surface area contributed by atoms with Crippen LogP contribution >= 0.6 is 0 Å². The van der Waals surface area contributed by atoms with Crippen LogP contribution in [-0.4, -0.2) is 26.9 Å². The van der Waals surface area contributed by atoms with Gasteiger partial charge in [0.25, 0.3) is 0 Å². The Morgan fingerprint density at radius 2 is 2.19 bits per heavy atom. The predicted octanol–water partition coefficient (Wildman–Crippen LogP) is 1.16. The van der Waals surface area contributed by atoms with Crippen molar-refractivity contribution in [2.24, 2.45) is 5.73 Å². The second-order valence-corrected chi connectivity index (χ2v) is 2.99. The summed E-state index contributed by atoms with van der Waals surface area (Å²) < 4.78 is 23.2. The van der Waals surface area contributed by atoms with E-state index < -0.39 is 0 Å². The first kappa shape index (κ1) is 12.5. The Balaban J connectivity index is 2.81. The smallest absolute Gasteiger partial charge is 0.137 e. The molecule has 0 aliphatic heterocycles. The van der Waals surface area contributed by atoms with Gasteiger partial charge in [-0.25, -0.2) is 4.39 Å². The molecule has 0 fully saturated rings. The average molecular weight is 223 g/mol. The molecule has 0 aliphatic carbocycles. The van der Waals surface area contributed by atoms with Gasteiger partial charge in [0.15, 0.2) is 0 Å². The zero-order valence-corrected chi connectivity index (χ0v) is 9.13. The van der Waals surface area contributed by atoms with Crippen LogP contribution in [0.25, 0.3) is 0 Å². The van der Waals surface area contributed by atoms with Gasteiger partial charge in [0.1, 0.15) is 18.2 Å². The van der Waals surface area contributed by atoms with E-state index in [1.165, 1.54) is 12.1 Å². The van der Waals surface area contributed by atoms with E-state index in [-0.39, 0.29) is 12.4 Å². The summed E-state index contributed by atoms with van der Waals surface area (Å²) in [5.74, 6) is 5.58. The maximum absolute atomic E-state index is 13.0. The first-order valence-electron chi connectivity index (χ1n) is 4.88. The molecule has 0 spiro atoms. The highest BCUT2D eigenvalue weighted by Crippen LogP contribution is 2.18. The monoisotopic (exact) mass is 223 g/mol. The van der Waals surface area contributed by atoms with Crippen molar-refractivity contribution in [2.75, 3.05) is 26.9 Å². The van der Waals surface area contributed by atoms with Crippen LogP contribution in [-0.2, 0) is 4.74 Å². The maximum Gasteiger partial charge on any atom is 0.137 e. The summed E-state index contributed by atoms with van der Waals surface area (Å²) in [5.41, 5.74) is 5.90. The molecule has 86 valence electrons. The Morgan fingerprint density at radius 3 is 2.88 bits per heavy atom. The van der Waals surface area contributed by atoms with Crippen LogP contribution in [0.4, 0.5) is 4.39 Å². The van der Waals surface area contributed by atoms with Crippen LogP contribution in [0, 0.1) is 17.7 Å². The number of methoxy groups -OCH3 is 1. The SMILES string of the molecule is COCCOc1cc(F)ccc1C#CCN. The van der Waals surface area contributed by atoms with Gasteiger partial charge in [-0.05, 0) is 12.1 Å². The molecule has 0 saturated heterocycles. The molecule has 0 amide bonds. The number of nitrogens with two attached hydrogens (primary N) is 1. The summed E-state index contributed by atoms with van der Waals surface area (Å²) in [6.07, 6.45) is 0. The Bertz CT molecular complexity index is 396.